The molecular formula is C16H35IN4. The molecule has 0 radical (unpaired) electrons. The van der Waals surface area contributed by atoms with Gasteiger partial charge in [-0.2, -0.15) is 0 Å². The topological polar surface area (TPSA) is 39.7 Å². The molecule has 1 rings (SSSR count). The van der Waals surface area contributed by atoms with Crippen molar-refractivity contribution in [3.8, 4) is 0 Å². The van der Waals surface area contributed by atoms with Crippen LogP contribution in [0.5, 0.6) is 0 Å². The van der Waals surface area contributed by atoms with Gasteiger partial charge in [-0.25, -0.2) is 0 Å². The fourth-order valence-corrected chi connectivity index (χ4v) is 2.60. The van der Waals surface area contributed by atoms with Crippen LogP contribution in [-0.4, -0.2) is 50.6 Å². The Morgan fingerprint density at radius 1 is 1.10 bits per heavy atom. The molecule has 0 saturated carbocycles. The lowest BCUT2D eigenvalue weighted by atomic mass is 9.99. The average molecular weight is 410 g/mol. The molecule has 126 valence electrons. The molecule has 1 aliphatic rings. The second-order valence-electron chi connectivity index (χ2n) is 6.01. The Hall–Kier alpha value is -0.0400. The Kier molecular flexibility index (Phi) is 13.6. The predicted octanol–water partition coefficient (Wildman–Crippen LogP) is 3.08. The highest BCUT2D eigenvalue weighted by Gasteiger charge is 2.14. The Morgan fingerprint density at radius 3 is 2.29 bits per heavy atom. The number of likely N-dealkylation sites (tertiary alicyclic amines) is 1. The molecule has 0 aromatic carbocycles. The van der Waals surface area contributed by atoms with Crippen LogP contribution in [0.3, 0.4) is 0 Å². The maximum absolute atomic E-state index is 4.26. The highest BCUT2D eigenvalue weighted by molar-refractivity contribution is 14.0. The minimum atomic E-state index is 0. The number of aliphatic imine (C=N–C) groups is 1. The van der Waals surface area contributed by atoms with Crippen LogP contribution in [0, 0.1) is 5.92 Å². The number of unbranched alkanes of at least 4 members (excludes halogenated alkanes) is 2. The summed E-state index contributed by atoms with van der Waals surface area (Å²) in [5.74, 6) is 1.88. The van der Waals surface area contributed by atoms with Crippen molar-refractivity contribution in [3.05, 3.63) is 0 Å². The van der Waals surface area contributed by atoms with Gasteiger partial charge in [-0.3, -0.25) is 4.99 Å². The summed E-state index contributed by atoms with van der Waals surface area (Å²) in [4.78, 5) is 6.86. The smallest absolute Gasteiger partial charge is 0.190 e. The third-order valence-electron chi connectivity index (χ3n) is 4.12. The van der Waals surface area contributed by atoms with Crippen LogP contribution in [0.15, 0.2) is 4.99 Å². The summed E-state index contributed by atoms with van der Waals surface area (Å²) in [6.07, 6.45) is 7.72. The Labute approximate surface area is 148 Å². The maximum Gasteiger partial charge on any atom is 0.190 e. The lowest BCUT2D eigenvalue weighted by Gasteiger charge is -2.30. The third-order valence-corrected chi connectivity index (χ3v) is 4.12. The fourth-order valence-electron chi connectivity index (χ4n) is 2.60. The van der Waals surface area contributed by atoms with Gasteiger partial charge in [0, 0.05) is 20.1 Å². The third kappa shape index (κ3) is 10.3. The van der Waals surface area contributed by atoms with E-state index in [1.54, 1.807) is 0 Å². The molecule has 0 aromatic heterocycles. The summed E-state index contributed by atoms with van der Waals surface area (Å²) in [7, 11) is 1.85. The van der Waals surface area contributed by atoms with Gasteiger partial charge in [-0.05, 0) is 51.2 Å². The van der Waals surface area contributed by atoms with E-state index in [1.165, 1.54) is 58.2 Å². The monoisotopic (exact) mass is 410 g/mol. The number of guanidine groups is 1. The van der Waals surface area contributed by atoms with E-state index >= 15 is 0 Å². The van der Waals surface area contributed by atoms with Crippen molar-refractivity contribution in [2.75, 3.05) is 39.8 Å². The first-order valence-corrected chi connectivity index (χ1v) is 8.43. The number of nitrogens with zero attached hydrogens (tertiary/aromatic N) is 2. The van der Waals surface area contributed by atoms with Crippen molar-refractivity contribution in [2.24, 2.45) is 10.9 Å². The standard InChI is InChI=1S/C16H34N4.HI/c1-4-5-6-10-18-16(17-3)19-11-7-12-20-13-8-15(2)9-14-20;/h15H,4-14H2,1-3H3,(H2,17,18,19);1H. The van der Waals surface area contributed by atoms with E-state index < -0.39 is 0 Å². The van der Waals surface area contributed by atoms with Crippen LogP contribution in [0.1, 0.15) is 52.4 Å². The van der Waals surface area contributed by atoms with Gasteiger partial charge in [0.1, 0.15) is 0 Å². The van der Waals surface area contributed by atoms with E-state index in [1.807, 2.05) is 7.05 Å². The summed E-state index contributed by atoms with van der Waals surface area (Å²) in [5, 5.41) is 6.78. The second kappa shape index (κ2) is 13.6. The largest absolute Gasteiger partial charge is 0.356 e. The molecule has 0 aliphatic carbocycles. The number of piperidine rings is 1. The van der Waals surface area contributed by atoms with Gasteiger partial charge in [-0.15, -0.1) is 24.0 Å². The lowest BCUT2D eigenvalue weighted by molar-refractivity contribution is 0.191. The van der Waals surface area contributed by atoms with Crippen LogP contribution in [0.4, 0.5) is 0 Å². The fraction of sp³-hybridized carbons (Fsp3) is 0.938. The number of hydrogen-bond acceptors (Lipinski definition) is 2. The van der Waals surface area contributed by atoms with E-state index in [-0.39, 0.29) is 24.0 Å². The van der Waals surface area contributed by atoms with Crippen LogP contribution < -0.4 is 10.6 Å². The molecule has 1 aliphatic heterocycles. The molecule has 1 saturated heterocycles. The molecule has 2 N–H and O–H groups in total. The van der Waals surface area contributed by atoms with Gasteiger partial charge in [0.05, 0.1) is 0 Å². The van der Waals surface area contributed by atoms with E-state index in [0.717, 1.165) is 25.0 Å². The van der Waals surface area contributed by atoms with Crippen molar-refractivity contribution < 1.29 is 0 Å². The minimum Gasteiger partial charge on any atom is -0.356 e. The second-order valence-corrected chi connectivity index (χ2v) is 6.01. The zero-order valence-corrected chi connectivity index (χ0v) is 16.5. The van der Waals surface area contributed by atoms with Gasteiger partial charge in [-0.1, -0.05) is 26.7 Å². The van der Waals surface area contributed by atoms with Gasteiger partial charge in [0.25, 0.3) is 0 Å². The van der Waals surface area contributed by atoms with Gasteiger partial charge >= 0.3 is 0 Å². The molecule has 0 aromatic rings. The number of nitrogens with one attached hydrogen (secondary N) is 2. The maximum atomic E-state index is 4.26. The first-order valence-electron chi connectivity index (χ1n) is 8.43. The van der Waals surface area contributed by atoms with E-state index in [0.29, 0.717) is 0 Å². The van der Waals surface area contributed by atoms with Crippen molar-refractivity contribution in [1.29, 1.82) is 0 Å². The number of hydrogen-bond donors (Lipinski definition) is 2. The van der Waals surface area contributed by atoms with Gasteiger partial charge in [0.2, 0.25) is 0 Å². The lowest BCUT2D eigenvalue weighted by Crippen LogP contribution is -2.40. The molecule has 1 fully saturated rings. The summed E-state index contributed by atoms with van der Waals surface area (Å²) >= 11 is 0. The van der Waals surface area contributed by atoms with Crippen LogP contribution in [0.2, 0.25) is 0 Å². The molecular weight excluding hydrogens is 375 g/mol. The Morgan fingerprint density at radius 2 is 1.71 bits per heavy atom. The van der Waals surface area contributed by atoms with E-state index in [2.05, 4.69) is 34.4 Å². The van der Waals surface area contributed by atoms with Crippen molar-refractivity contribution in [2.45, 2.75) is 52.4 Å². The molecule has 0 atom stereocenters. The minimum absolute atomic E-state index is 0. The molecule has 0 unspecified atom stereocenters. The predicted molar refractivity (Wildman–Crippen MR) is 104 cm³/mol. The molecule has 0 spiro atoms. The van der Waals surface area contributed by atoms with Crippen molar-refractivity contribution >= 4 is 29.9 Å². The molecule has 1 heterocycles. The quantitative estimate of drug-likeness (QED) is 0.280. The molecule has 5 heteroatoms. The van der Waals surface area contributed by atoms with Gasteiger partial charge < -0.3 is 15.5 Å². The molecule has 0 bridgehead atoms. The van der Waals surface area contributed by atoms with Crippen molar-refractivity contribution in [1.82, 2.24) is 15.5 Å². The van der Waals surface area contributed by atoms with Crippen LogP contribution in [-0.2, 0) is 0 Å². The number of rotatable bonds is 8. The Balaban J connectivity index is 0.00000400. The van der Waals surface area contributed by atoms with Crippen LogP contribution in [0.25, 0.3) is 0 Å². The average Bonchev–Trinajstić information content (AvgIpc) is 2.47. The Bertz CT molecular complexity index is 263. The molecule has 4 nitrogen and oxygen atoms in total. The zero-order chi connectivity index (χ0) is 14.6. The molecule has 0 amide bonds. The van der Waals surface area contributed by atoms with E-state index in [4.69, 9.17) is 0 Å². The summed E-state index contributed by atoms with van der Waals surface area (Å²) < 4.78 is 0. The highest BCUT2D eigenvalue weighted by Crippen LogP contribution is 2.15. The highest BCUT2D eigenvalue weighted by atomic mass is 127. The normalized spacial score (nSPS) is 17.4. The van der Waals surface area contributed by atoms with Gasteiger partial charge in [0.15, 0.2) is 5.96 Å². The zero-order valence-electron chi connectivity index (χ0n) is 14.2. The SMILES string of the molecule is CCCCCNC(=NC)NCCCN1CCC(C)CC1.I. The summed E-state index contributed by atoms with van der Waals surface area (Å²) in [6, 6.07) is 0. The van der Waals surface area contributed by atoms with Crippen molar-refractivity contribution in [3.63, 3.8) is 0 Å². The number of halogens is 1. The van der Waals surface area contributed by atoms with E-state index in [9.17, 15) is 0 Å². The summed E-state index contributed by atoms with van der Waals surface area (Å²) in [6.45, 7) is 10.4. The molecule has 21 heavy (non-hydrogen) atoms. The first kappa shape index (κ1) is 21.0. The first-order chi connectivity index (χ1) is 9.76. The summed E-state index contributed by atoms with van der Waals surface area (Å²) in [5.41, 5.74) is 0. The van der Waals surface area contributed by atoms with Crippen LogP contribution >= 0.6 is 24.0 Å².